The molecule has 0 aliphatic rings. The second kappa shape index (κ2) is 9.01. The molecule has 0 bridgehead atoms. The molecule has 0 saturated heterocycles. The molecule has 2 amide bonds. The fourth-order valence-electron chi connectivity index (χ4n) is 2.35. The summed E-state index contributed by atoms with van der Waals surface area (Å²) in [5.41, 5.74) is 6.29. The second-order valence-corrected chi connectivity index (χ2v) is 6.15. The van der Waals surface area contributed by atoms with Gasteiger partial charge in [-0.3, -0.25) is 14.4 Å². The predicted molar refractivity (Wildman–Crippen MR) is 98.2 cm³/mol. The molecule has 136 valence electrons. The van der Waals surface area contributed by atoms with Gasteiger partial charge in [-0.25, -0.2) is 0 Å². The second-order valence-electron chi connectivity index (χ2n) is 5.71. The minimum Gasteiger partial charge on any atom is -0.483 e. The molecular weight excluding hydrogens is 356 g/mol. The minimum absolute atomic E-state index is 0.0812. The smallest absolute Gasteiger partial charge is 0.258 e. The number of nitrogens with two attached hydrogens (primary N) is 1. The number of primary amides is 1. The molecule has 26 heavy (non-hydrogen) atoms. The molecular formula is C19H19ClN2O4. The van der Waals surface area contributed by atoms with Crippen LogP contribution in [0.4, 0.5) is 0 Å². The SMILES string of the molecule is CC(=O)[C@@H](Cc1ccccc1)NC(=O)COc1ccc(Cl)cc1C(N)=O. The summed E-state index contributed by atoms with van der Waals surface area (Å²) in [6.07, 6.45) is 0.384. The molecule has 1 atom stereocenters. The van der Waals surface area contributed by atoms with Crippen LogP contribution in [-0.4, -0.2) is 30.2 Å². The lowest BCUT2D eigenvalue weighted by Gasteiger charge is -2.17. The van der Waals surface area contributed by atoms with Crippen LogP contribution in [-0.2, 0) is 16.0 Å². The van der Waals surface area contributed by atoms with E-state index in [1.165, 1.54) is 25.1 Å². The maximum Gasteiger partial charge on any atom is 0.258 e. The average Bonchev–Trinajstić information content (AvgIpc) is 2.60. The van der Waals surface area contributed by atoms with Gasteiger partial charge in [-0.15, -0.1) is 0 Å². The van der Waals surface area contributed by atoms with Gasteiger partial charge in [-0.05, 0) is 37.1 Å². The quantitative estimate of drug-likeness (QED) is 0.739. The maximum absolute atomic E-state index is 12.1. The number of nitrogens with one attached hydrogen (secondary N) is 1. The van der Waals surface area contributed by atoms with E-state index < -0.39 is 17.9 Å². The zero-order chi connectivity index (χ0) is 19.1. The Kier molecular flexibility index (Phi) is 6.74. The third-order valence-electron chi connectivity index (χ3n) is 3.67. The lowest BCUT2D eigenvalue weighted by atomic mass is 10.0. The third-order valence-corrected chi connectivity index (χ3v) is 3.91. The summed E-state index contributed by atoms with van der Waals surface area (Å²) in [5, 5.41) is 2.97. The van der Waals surface area contributed by atoms with Gasteiger partial charge in [0.05, 0.1) is 11.6 Å². The monoisotopic (exact) mass is 374 g/mol. The van der Waals surface area contributed by atoms with E-state index in [1.54, 1.807) is 0 Å². The van der Waals surface area contributed by atoms with Crippen molar-refractivity contribution in [2.24, 2.45) is 5.73 Å². The standard InChI is InChI=1S/C19H19ClN2O4/c1-12(23)16(9-13-5-3-2-4-6-13)22-18(24)11-26-17-8-7-14(20)10-15(17)19(21)25/h2-8,10,16H,9,11H2,1H3,(H2,21,25)(H,22,24)/t16-/m1/s1. The Bertz CT molecular complexity index is 808. The first-order chi connectivity index (χ1) is 12.4. The fourth-order valence-corrected chi connectivity index (χ4v) is 2.52. The first-order valence-corrected chi connectivity index (χ1v) is 8.30. The van der Waals surface area contributed by atoms with Gasteiger partial charge in [-0.1, -0.05) is 41.9 Å². The molecule has 2 rings (SSSR count). The van der Waals surface area contributed by atoms with Crippen molar-refractivity contribution in [2.75, 3.05) is 6.61 Å². The lowest BCUT2D eigenvalue weighted by molar-refractivity contribution is -0.128. The van der Waals surface area contributed by atoms with Crippen LogP contribution in [0.15, 0.2) is 48.5 Å². The molecule has 0 unspecified atom stereocenters. The first-order valence-electron chi connectivity index (χ1n) is 7.92. The zero-order valence-corrected chi connectivity index (χ0v) is 15.0. The van der Waals surface area contributed by atoms with Crippen LogP contribution in [0.1, 0.15) is 22.8 Å². The summed E-state index contributed by atoms with van der Waals surface area (Å²) < 4.78 is 5.36. The lowest BCUT2D eigenvalue weighted by Crippen LogP contribution is -2.43. The van der Waals surface area contributed by atoms with Crippen molar-refractivity contribution < 1.29 is 19.1 Å². The molecule has 0 aliphatic heterocycles. The van der Waals surface area contributed by atoms with Crippen molar-refractivity contribution in [2.45, 2.75) is 19.4 Å². The molecule has 0 spiro atoms. The largest absolute Gasteiger partial charge is 0.483 e. The number of hydrogen-bond acceptors (Lipinski definition) is 4. The number of rotatable bonds is 8. The maximum atomic E-state index is 12.1. The topological polar surface area (TPSA) is 98.5 Å². The molecule has 7 heteroatoms. The number of ether oxygens (including phenoxy) is 1. The van der Waals surface area contributed by atoms with E-state index in [0.29, 0.717) is 11.4 Å². The van der Waals surface area contributed by atoms with Crippen LogP contribution in [0, 0.1) is 0 Å². The Hall–Kier alpha value is -2.86. The number of hydrogen-bond donors (Lipinski definition) is 2. The Morgan fingerprint density at radius 1 is 1.15 bits per heavy atom. The first kappa shape index (κ1) is 19.5. The fraction of sp³-hybridized carbons (Fsp3) is 0.211. The molecule has 0 aliphatic carbocycles. The van der Waals surface area contributed by atoms with Crippen molar-refractivity contribution >= 4 is 29.2 Å². The number of ketones is 1. The van der Waals surface area contributed by atoms with Crippen molar-refractivity contribution in [3.63, 3.8) is 0 Å². The number of carbonyl (C=O) groups is 3. The molecule has 6 nitrogen and oxygen atoms in total. The highest BCUT2D eigenvalue weighted by Crippen LogP contribution is 2.22. The number of halogens is 1. The molecule has 0 fully saturated rings. The van der Waals surface area contributed by atoms with Gasteiger partial charge in [0.25, 0.3) is 11.8 Å². The average molecular weight is 375 g/mol. The summed E-state index contributed by atoms with van der Waals surface area (Å²) in [5.74, 6) is -1.20. The van der Waals surface area contributed by atoms with E-state index in [9.17, 15) is 14.4 Å². The number of Topliss-reactive ketones (excluding diaryl/α,β-unsaturated/α-hetero) is 1. The summed E-state index contributed by atoms with van der Waals surface area (Å²) in [7, 11) is 0. The van der Waals surface area contributed by atoms with E-state index >= 15 is 0 Å². The van der Waals surface area contributed by atoms with Gasteiger partial charge in [0.2, 0.25) is 0 Å². The number of benzene rings is 2. The summed E-state index contributed by atoms with van der Waals surface area (Å²) >= 11 is 5.82. The Morgan fingerprint density at radius 3 is 2.46 bits per heavy atom. The van der Waals surface area contributed by atoms with Crippen LogP contribution in [0.25, 0.3) is 0 Å². The van der Waals surface area contributed by atoms with Gasteiger partial charge in [0.1, 0.15) is 5.75 Å². The normalized spacial score (nSPS) is 11.5. The summed E-state index contributed by atoms with van der Waals surface area (Å²) in [6.45, 7) is 1.06. The zero-order valence-electron chi connectivity index (χ0n) is 14.2. The van der Waals surface area contributed by atoms with E-state index in [0.717, 1.165) is 5.56 Å². The minimum atomic E-state index is -0.714. The van der Waals surface area contributed by atoms with Gasteiger partial charge in [-0.2, -0.15) is 0 Å². The van der Waals surface area contributed by atoms with Gasteiger partial charge >= 0.3 is 0 Å². The van der Waals surface area contributed by atoms with E-state index in [4.69, 9.17) is 22.1 Å². The van der Waals surface area contributed by atoms with Gasteiger partial charge in [0.15, 0.2) is 12.4 Å². The van der Waals surface area contributed by atoms with Crippen LogP contribution in [0.3, 0.4) is 0 Å². The third kappa shape index (κ3) is 5.60. The highest BCUT2D eigenvalue weighted by molar-refractivity contribution is 6.31. The molecule has 3 N–H and O–H groups in total. The van der Waals surface area contributed by atoms with Gasteiger partial charge in [0, 0.05) is 5.02 Å². The van der Waals surface area contributed by atoms with Crippen molar-refractivity contribution in [3.05, 3.63) is 64.7 Å². The molecule has 0 saturated carbocycles. The number of amides is 2. The highest BCUT2D eigenvalue weighted by Gasteiger charge is 2.18. The van der Waals surface area contributed by atoms with Crippen molar-refractivity contribution in [1.29, 1.82) is 0 Å². The molecule has 0 aromatic heterocycles. The van der Waals surface area contributed by atoms with Crippen LogP contribution < -0.4 is 15.8 Å². The summed E-state index contributed by atoms with van der Waals surface area (Å²) in [6, 6.07) is 13.1. The van der Waals surface area contributed by atoms with Crippen molar-refractivity contribution in [1.82, 2.24) is 5.32 Å². The van der Waals surface area contributed by atoms with E-state index in [-0.39, 0.29) is 23.7 Å². The van der Waals surface area contributed by atoms with E-state index in [1.807, 2.05) is 30.3 Å². The van der Waals surface area contributed by atoms with E-state index in [2.05, 4.69) is 5.32 Å². The van der Waals surface area contributed by atoms with Crippen LogP contribution in [0.2, 0.25) is 5.02 Å². The Labute approximate surface area is 156 Å². The Morgan fingerprint density at radius 2 is 1.85 bits per heavy atom. The predicted octanol–water partition coefficient (Wildman–Crippen LogP) is 2.13. The van der Waals surface area contributed by atoms with Crippen LogP contribution >= 0.6 is 11.6 Å². The van der Waals surface area contributed by atoms with Crippen molar-refractivity contribution in [3.8, 4) is 5.75 Å². The molecule has 2 aromatic carbocycles. The van der Waals surface area contributed by atoms with Gasteiger partial charge < -0.3 is 15.8 Å². The highest BCUT2D eigenvalue weighted by atomic mass is 35.5. The summed E-state index contributed by atoms with van der Waals surface area (Å²) in [4.78, 5) is 35.4. The molecule has 2 aromatic rings. The number of carbonyl (C=O) groups excluding carboxylic acids is 3. The van der Waals surface area contributed by atoms with Crippen LogP contribution in [0.5, 0.6) is 5.75 Å². The Balaban J connectivity index is 1.99. The molecule has 0 heterocycles. The molecule has 0 radical (unpaired) electrons.